The molecule has 1 aromatic heterocycles. The number of hydrogen-bond acceptors (Lipinski definition) is 2. The van der Waals surface area contributed by atoms with E-state index in [-0.39, 0.29) is 22.9 Å². The van der Waals surface area contributed by atoms with Crippen LogP contribution in [0.15, 0.2) is 35.3 Å². The van der Waals surface area contributed by atoms with Crippen LogP contribution in [-0.2, 0) is 12.7 Å². The molecular formula is C12H7F3N2O. The fraction of sp³-hybridized carbons (Fsp3) is 0.167. The normalized spacial score (nSPS) is 11.4. The molecule has 1 aromatic carbocycles. The van der Waals surface area contributed by atoms with Crippen LogP contribution in [0.3, 0.4) is 0 Å². The van der Waals surface area contributed by atoms with Gasteiger partial charge in [-0.1, -0.05) is 0 Å². The minimum Gasteiger partial charge on any atom is -0.333 e. The molecule has 0 atom stereocenters. The summed E-state index contributed by atoms with van der Waals surface area (Å²) in [5.41, 5.74) is -1.10. The second-order valence-electron chi connectivity index (χ2n) is 3.70. The molecule has 0 saturated carbocycles. The summed E-state index contributed by atoms with van der Waals surface area (Å²) in [4.78, 5) is 11.5. The van der Waals surface area contributed by atoms with Crippen LogP contribution >= 0.6 is 0 Å². The number of nitrogens with zero attached hydrogens (tertiary/aromatic N) is 2. The van der Waals surface area contributed by atoms with Gasteiger partial charge in [0.1, 0.15) is 6.54 Å². The number of alkyl halides is 3. The number of hydrogen-bond donors (Lipinski definition) is 0. The highest BCUT2D eigenvalue weighted by Gasteiger charge is 2.30. The van der Waals surface area contributed by atoms with Crippen LogP contribution in [0.4, 0.5) is 13.2 Å². The quantitative estimate of drug-likeness (QED) is 0.782. The molecule has 6 heteroatoms. The molecule has 0 bridgehead atoms. The summed E-state index contributed by atoms with van der Waals surface area (Å²) in [5.74, 6) is 0. The summed E-state index contributed by atoms with van der Waals surface area (Å²) in [7, 11) is 0. The van der Waals surface area contributed by atoms with Gasteiger partial charge in [0.25, 0.3) is 0 Å². The number of pyridine rings is 1. The Morgan fingerprint density at radius 1 is 1.28 bits per heavy atom. The maximum atomic E-state index is 12.6. The van der Waals surface area contributed by atoms with Crippen LogP contribution in [0.25, 0.3) is 10.9 Å². The predicted molar refractivity (Wildman–Crippen MR) is 58.8 cm³/mol. The molecule has 0 fully saturated rings. The average Bonchev–Trinajstić information content (AvgIpc) is 2.31. The van der Waals surface area contributed by atoms with Crippen molar-refractivity contribution >= 4 is 10.9 Å². The Morgan fingerprint density at radius 3 is 2.61 bits per heavy atom. The lowest BCUT2D eigenvalue weighted by molar-refractivity contribution is -0.137. The molecule has 0 aliphatic carbocycles. The summed E-state index contributed by atoms with van der Waals surface area (Å²) in [6, 6.07) is 5.94. The van der Waals surface area contributed by atoms with Crippen LogP contribution in [-0.4, -0.2) is 4.57 Å². The van der Waals surface area contributed by atoms with E-state index in [9.17, 15) is 18.0 Å². The molecule has 2 aromatic rings. The van der Waals surface area contributed by atoms with E-state index in [1.54, 1.807) is 0 Å². The van der Waals surface area contributed by atoms with Gasteiger partial charge < -0.3 is 4.57 Å². The van der Waals surface area contributed by atoms with Crippen molar-refractivity contribution in [2.75, 3.05) is 0 Å². The lowest BCUT2D eigenvalue weighted by Crippen LogP contribution is -2.10. The van der Waals surface area contributed by atoms with Crippen LogP contribution < -0.4 is 5.43 Å². The van der Waals surface area contributed by atoms with Gasteiger partial charge >= 0.3 is 6.18 Å². The SMILES string of the molecule is N#CCn1ccc(=O)c2ccc(C(F)(F)F)cc21. The summed E-state index contributed by atoms with van der Waals surface area (Å²) in [6.07, 6.45) is -3.16. The van der Waals surface area contributed by atoms with Crippen molar-refractivity contribution in [2.45, 2.75) is 12.7 Å². The van der Waals surface area contributed by atoms with Crippen molar-refractivity contribution in [3.8, 4) is 6.07 Å². The molecule has 0 aliphatic rings. The van der Waals surface area contributed by atoms with Gasteiger partial charge in [-0.15, -0.1) is 0 Å². The van der Waals surface area contributed by atoms with Gasteiger partial charge in [0.05, 0.1) is 17.1 Å². The molecule has 0 unspecified atom stereocenters. The predicted octanol–water partition coefficient (Wildman–Crippen LogP) is 2.54. The second kappa shape index (κ2) is 4.18. The standard InChI is InChI=1S/C12H7F3N2O/c13-12(14,15)8-1-2-9-10(7-8)17(6-4-16)5-3-11(9)18/h1-3,5,7H,6H2. The molecule has 3 nitrogen and oxygen atoms in total. The number of aromatic nitrogens is 1. The molecule has 0 N–H and O–H groups in total. The van der Waals surface area contributed by atoms with Gasteiger partial charge in [0.15, 0.2) is 5.43 Å². The first-order valence-electron chi connectivity index (χ1n) is 5.01. The molecule has 0 radical (unpaired) electrons. The highest BCUT2D eigenvalue weighted by Crippen LogP contribution is 2.30. The number of fused-ring (bicyclic) bond motifs is 1. The first kappa shape index (κ1) is 12.2. The van der Waals surface area contributed by atoms with Gasteiger partial charge in [0.2, 0.25) is 0 Å². The summed E-state index contributed by atoms with van der Waals surface area (Å²) in [6.45, 7) is -0.113. The Labute approximate surface area is 99.7 Å². The maximum absolute atomic E-state index is 12.6. The molecule has 0 saturated heterocycles. The number of benzene rings is 1. The third-order valence-corrected chi connectivity index (χ3v) is 2.55. The van der Waals surface area contributed by atoms with E-state index in [1.165, 1.54) is 16.8 Å². The minimum atomic E-state index is -4.47. The first-order valence-corrected chi connectivity index (χ1v) is 5.01. The van der Waals surface area contributed by atoms with E-state index in [0.29, 0.717) is 0 Å². The molecule has 18 heavy (non-hydrogen) atoms. The number of nitriles is 1. The smallest absolute Gasteiger partial charge is 0.333 e. The van der Waals surface area contributed by atoms with Crippen molar-refractivity contribution in [3.05, 3.63) is 46.2 Å². The van der Waals surface area contributed by atoms with Crippen LogP contribution in [0.1, 0.15) is 5.56 Å². The monoisotopic (exact) mass is 252 g/mol. The zero-order valence-electron chi connectivity index (χ0n) is 9.03. The molecule has 0 spiro atoms. The fourth-order valence-electron chi connectivity index (χ4n) is 1.70. The van der Waals surface area contributed by atoms with Crippen molar-refractivity contribution in [1.29, 1.82) is 5.26 Å². The Hall–Kier alpha value is -2.29. The van der Waals surface area contributed by atoms with Gasteiger partial charge in [-0.3, -0.25) is 4.79 Å². The van der Waals surface area contributed by atoms with E-state index in [0.717, 1.165) is 18.2 Å². The van der Waals surface area contributed by atoms with Gasteiger partial charge in [0, 0.05) is 17.6 Å². The van der Waals surface area contributed by atoms with Crippen LogP contribution in [0.2, 0.25) is 0 Å². The van der Waals surface area contributed by atoms with Gasteiger partial charge in [-0.2, -0.15) is 18.4 Å². The Morgan fingerprint density at radius 2 is 2.00 bits per heavy atom. The number of rotatable bonds is 1. The van der Waals surface area contributed by atoms with Gasteiger partial charge in [-0.25, -0.2) is 0 Å². The fourth-order valence-corrected chi connectivity index (χ4v) is 1.70. The van der Waals surface area contributed by atoms with E-state index >= 15 is 0 Å². The molecule has 2 rings (SSSR count). The van der Waals surface area contributed by atoms with E-state index < -0.39 is 11.7 Å². The largest absolute Gasteiger partial charge is 0.416 e. The topological polar surface area (TPSA) is 45.8 Å². The first-order chi connectivity index (χ1) is 8.43. The van der Waals surface area contributed by atoms with Crippen molar-refractivity contribution in [2.24, 2.45) is 0 Å². The highest BCUT2D eigenvalue weighted by molar-refractivity contribution is 5.79. The third kappa shape index (κ3) is 2.07. The average molecular weight is 252 g/mol. The molecule has 1 heterocycles. The van der Waals surface area contributed by atoms with E-state index in [1.807, 2.05) is 6.07 Å². The number of halogens is 3. The molecule has 0 aliphatic heterocycles. The zero-order valence-corrected chi connectivity index (χ0v) is 9.03. The lowest BCUT2D eigenvalue weighted by atomic mass is 10.1. The zero-order chi connectivity index (χ0) is 13.3. The maximum Gasteiger partial charge on any atom is 0.416 e. The highest BCUT2D eigenvalue weighted by atomic mass is 19.4. The summed E-state index contributed by atoms with van der Waals surface area (Å²) >= 11 is 0. The molecular weight excluding hydrogens is 245 g/mol. The van der Waals surface area contributed by atoms with E-state index in [2.05, 4.69) is 0 Å². The minimum absolute atomic E-state index is 0.110. The molecule has 92 valence electrons. The Kier molecular flexibility index (Phi) is 2.83. The second-order valence-corrected chi connectivity index (χ2v) is 3.70. The van der Waals surface area contributed by atoms with E-state index in [4.69, 9.17) is 5.26 Å². The van der Waals surface area contributed by atoms with Crippen LogP contribution in [0, 0.1) is 11.3 Å². The van der Waals surface area contributed by atoms with Crippen LogP contribution in [0.5, 0.6) is 0 Å². The van der Waals surface area contributed by atoms with Crippen molar-refractivity contribution in [1.82, 2.24) is 4.57 Å². The van der Waals surface area contributed by atoms with Crippen molar-refractivity contribution < 1.29 is 13.2 Å². The molecule has 0 amide bonds. The summed E-state index contributed by atoms with van der Waals surface area (Å²) < 4.78 is 39.1. The van der Waals surface area contributed by atoms with Crippen molar-refractivity contribution in [3.63, 3.8) is 0 Å². The Bertz CT molecular complexity index is 695. The lowest BCUT2D eigenvalue weighted by Gasteiger charge is -2.10. The van der Waals surface area contributed by atoms with Gasteiger partial charge in [-0.05, 0) is 18.2 Å². The Balaban J connectivity index is 2.78. The summed E-state index contributed by atoms with van der Waals surface area (Å²) in [5, 5.41) is 8.77. The third-order valence-electron chi connectivity index (χ3n) is 2.55.